The van der Waals surface area contributed by atoms with Gasteiger partial charge < -0.3 is 0 Å². The monoisotopic (exact) mass is 638 g/mol. The second-order valence-electron chi connectivity index (χ2n) is 14.5. The van der Waals surface area contributed by atoms with Crippen molar-refractivity contribution in [2.24, 2.45) is 0 Å². The zero-order valence-electron chi connectivity index (χ0n) is 28.7. The molecule has 0 saturated carbocycles. The van der Waals surface area contributed by atoms with Gasteiger partial charge in [-0.15, -0.1) is 0 Å². The summed E-state index contributed by atoms with van der Waals surface area (Å²) < 4.78 is 0. The van der Waals surface area contributed by atoms with Gasteiger partial charge in [-0.3, -0.25) is 0 Å². The molecule has 0 saturated heterocycles. The van der Waals surface area contributed by atoms with E-state index in [-0.39, 0.29) is 5.41 Å². The lowest BCUT2D eigenvalue weighted by Crippen LogP contribution is -2.10. The summed E-state index contributed by atoms with van der Waals surface area (Å²) in [5, 5.41) is 10.1. The van der Waals surface area contributed by atoms with Crippen molar-refractivity contribution >= 4 is 43.1 Å². The van der Waals surface area contributed by atoms with Crippen LogP contribution in [0.2, 0.25) is 0 Å². The van der Waals surface area contributed by atoms with E-state index in [4.69, 9.17) is 0 Å². The van der Waals surface area contributed by atoms with Crippen LogP contribution in [0.25, 0.3) is 87.6 Å². The minimum absolute atomic E-state index is 0.0661. The fourth-order valence-electron chi connectivity index (χ4n) is 7.97. The van der Waals surface area contributed by atoms with E-state index < -0.39 is 0 Å². The number of benzene rings is 9. The van der Waals surface area contributed by atoms with Gasteiger partial charge in [0.15, 0.2) is 0 Å². The lowest BCUT2D eigenvalue weighted by atomic mass is 9.82. The average molecular weight is 639 g/mol. The first-order valence-corrected chi connectivity index (χ1v) is 17.6. The molecule has 0 unspecified atom stereocenters. The quantitative estimate of drug-likeness (QED) is 0.168. The molecule has 9 rings (SSSR count). The highest BCUT2D eigenvalue weighted by Crippen LogP contribution is 2.46. The normalized spacial score (nSPS) is 11.9. The molecule has 0 atom stereocenters. The zero-order chi connectivity index (χ0) is 33.8. The molecule has 0 radical (unpaired) electrons. The maximum Gasteiger partial charge on any atom is -0.00261 e. The van der Waals surface area contributed by atoms with E-state index in [1.165, 1.54) is 93.2 Å². The fraction of sp³-hybridized carbons (Fsp3) is 0.0800. The smallest absolute Gasteiger partial charge is 0.00261 e. The van der Waals surface area contributed by atoms with Gasteiger partial charge >= 0.3 is 0 Å². The van der Waals surface area contributed by atoms with Crippen LogP contribution in [0, 0.1) is 0 Å². The van der Waals surface area contributed by atoms with Gasteiger partial charge in [0.05, 0.1) is 0 Å². The van der Waals surface area contributed by atoms with E-state index in [1.807, 2.05) is 0 Å². The Labute approximate surface area is 294 Å². The molecule has 0 heteroatoms. The minimum Gasteiger partial charge on any atom is -0.0616 e. The van der Waals surface area contributed by atoms with Gasteiger partial charge in [-0.05, 0) is 105 Å². The summed E-state index contributed by atoms with van der Waals surface area (Å²) in [4.78, 5) is 0. The maximum absolute atomic E-state index is 2.43. The molecule has 238 valence electrons. The maximum atomic E-state index is 2.43. The van der Waals surface area contributed by atoms with Crippen LogP contribution in [0.4, 0.5) is 0 Å². The first-order chi connectivity index (χ1) is 24.5. The highest BCUT2D eigenvalue weighted by atomic mass is 14.2. The van der Waals surface area contributed by atoms with Gasteiger partial charge in [-0.2, -0.15) is 0 Å². The largest absolute Gasteiger partial charge is 0.0616 e. The van der Waals surface area contributed by atoms with Gasteiger partial charge in [-0.25, -0.2) is 0 Å². The molecule has 0 heterocycles. The molecule has 0 bridgehead atoms. The number of fused-ring (bicyclic) bond motifs is 4. The summed E-state index contributed by atoms with van der Waals surface area (Å²) in [6.07, 6.45) is 0. The van der Waals surface area contributed by atoms with Crippen molar-refractivity contribution in [1.82, 2.24) is 0 Å². The van der Waals surface area contributed by atoms with Crippen molar-refractivity contribution in [2.75, 3.05) is 0 Å². The van der Waals surface area contributed by atoms with Crippen LogP contribution in [-0.2, 0) is 5.41 Å². The van der Waals surface area contributed by atoms with Crippen LogP contribution < -0.4 is 0 Å². The lowest BCUT2D eigenvalue weighted by Gasteiger charge is -2.22. The topological polar surface area (TPSA) is 0 Å². The molecular weight excluding hydrogens is 601 g/mol. The Hall–Kier alpha value is -5.98. The molecule has 0 aliphatic carbocycles. The third-order valence-corrected chi connectivity index (χ3v) is 10.4. The molecule has 0 amide bonds. The predicted molar refractivity (Wildman–Crippen MR) is 217 cm³/mol. The molecule has 0 aliphatic rings. The summed E-state index contributed by atoms with van der Waals surface area (Å²) in [5.74, 6) is 0. The second-order valence-corrected chi connectivity index (χ2v) is 14.5. The van der Waals surface area contributed by atoms with Crippen LogP contribution in [0.15, 0.2) is 176 Å². The van der Waals surface area contributed by atoms with Crippen molar-refractivity contribution in [1.29, 1.82) is 0 Å². The van der Waals surface area contributed by atoms with Crippen LogP contribution >= 0.6 is 0 Å². The van der Waals surface area contributed by atoms with Crippen molar-refractivity contribution in [2.45, 2.75) is 26.2 Å². The number of hydrogen-bond donors (Lipinski definition) is 0. The molecule has 0 fully saturated rings. The van der Waals surface area contributed by atoms with Gasteiger partial charge in [0.2, 0.25) is 0 Å². The highest BCUT2D eigenvalue weighted by molar-refractivity contribution is 6.22. The van der Waals surface area contributed by atoms with Gasteiger partial charge in [0.1, 0.15) is 0 Å². The summed E-state index contributed by atoms with van der Waals surface area (Å²) in [7, 11) is 0. The molecular formula is C50H38. The molecule has 0 spiro atoms. The molecule has 0 nitrogen and oxygen atoms in total. The summed E-state index contributed by atoms with van der Waals surface area (Å²) >= 11 is 0. The molecule has 0 aromatic heterocycles. The van der Waals surface area contributed by atoms with Gasteiger partial charge in [0, 0.05) is 0 Å². The van der Waals surface area contributed by atoms with Crippen LogP contribution in [0.5, 0.6) is 0 Å². The van der Waals surface area contributed by atoms with Crippen molar-refractivity contribution in [3.05, 3.63) is 181 Å². The standard InChI is InChI=1S/C50H38/c1-50(2,3)37-19-12-18-35(31-37)48-43-23-8-10-25-45(43)49(46-26-11-9-24-44(46)48)36-30-29-34-17-14-28-42(47(34)32-36)41-22-7-6-21-40(41)39-27-13-16-33-15-4-5-20-38(33)39/h4-32H,1-3H3. The lowest BCUT2D eigenvalue weighted by molar-refractivity contribution is 0.590. The predicted octanol–water partition coefficient (Wildman–Crippen LogP) is 14.3. The Morgan fingerprint density at radius 3 is 1.30 bits per heavy atom. The van der Waals surface area contributed by atoms with E-state index in [2.05, 4.69) is 197 Å². The molecule has 0 N–H and O–H groups in total. The Kier molecular flexibility index (Phi) is 7.14. The van der Waals surface area contributed by atoms with Gasteiger partial charge in [-0.1, -0.05) is 191 Å². The fourth-order valence-corrected chi connectivity index (χ4v) is 7.97. The Morgan fingerprint density at radius 1 is 0.300 bits per heavy atom. The van der Waals surface area contributed by atoms with Crippen LogP contribution in [-0.4, -0.2) is 0 Å². The van der Waals surface area contributed by atoms with Crippen LogP contribution in [0.1, 0.15) is 26.3 Å². The minimum atomic E-state index is 0.0661. The van der Waals surface area contributed by atoms with Crippen molar-refractivity contribution < 1.29 is 0 Å². The van der Waals surface area contributed by atoms with Crippen molar-refractivity contribution in [3.8, 4) is 44.5 Å². The Balaban J connectivity index is 1.30. The van der Waals surface area contributed by atoms with E-state index in [0.717, 1.165) is 0 Å². The second kappa shape index (κ2) is 11.9. The van der Waals surface area contributed by atoms with E-state index in [9.17, 15) is 0 Å². The molecule has 9 aromatic carbocycles. The SMILES string of the molecule is CC(C)(C)c1cccc(-c2c3ccccc3c(-c3ccc4cccc(-c5ccccc5-c5cccc6ccccc56)c4c3)c3ccccc23)c1. The Bertz CT molecular complexity index is 2670. The number of rotatable bonds is 4. The van der Waals surface area contributed by atoms with Crippen LogP contribution in [0.3, 0.4) is 0 Å². The van der Waals surface area contributed by atoms with Gasteiger partial charge in [0.25, 0.3) is 0 Å². The third-order valence-electron chi connectivity index (χ3n) is 10.4. The Morgan fingerprint density at radius 2 is 0.720 bits per heavy atom. The number of hydrogen-bond acceptors (Lipinski definition) is 0. The molecule has 50 heavy (non-hydrogen) atoms. The zero-order valence-corrected chi connectivity index (χ0v) is 28.7. The van der Waals surface area contributed by atoms with E-state index >= 15 is 0 Å². The van der Waals surface area contributed by atoms with E-state index in [0.29, 0.717) is 0 Å². The summed E-state index contributed by atoms with van der Waals surface area (Å²) in [6, 6.07) is 65.1. The summed E-state index contributed by atoms with van der Waals surface area (Å²) in [5.41, 5.74) is 11.5. The summed E-state index contributed by atoms with van der Waals surface area (Å²) in [6.45, 7) is 6.87. The first kappa shape index (κ1) is 30.1. The van der Waals surface area contributed by atoms with Crippen molar-refractivity contribution in [3.63, 3.8) is 0 Å². The first-order valence-electron chi connectivity index (χ1n) is 17.6. The molecule has 0 aliphatic heterocycles. The van der Waals surface area contributed by atoms with E-state index in [1.54, 1.807) is 0 Å². The molecule has 9 aromatic rings. The average Bonchev–Trinajstić information content (AvgIpc) is 3.16. The highest BCUT2D eigenvalue weighted by Gasteiger charge is 2.20. The third kappa shape index (κ3) is 4.99.